The van der Waals surface area contributed by atoms with Gasteiger partial charge in [-0.05, 0) is 135 Å². The third-order valence-corrected chi connectivity index (χ3v) is 9.32. The molecular weight excluding hydrogens is 605 g/mol. The van der Waals surface area contributed by atoms with Gasteiger partial charge in [0.05, 0.1) is 22.9 Å². The van der Waals surface area contributed by atoms with Gasteiger partial charge in [-0.2, -0.15) is 10.2 Å². The molecule has 0 saturated heterocycles. The molecule has 0 spiro atoms. The highest BCUT2D eigenvalue weighted by Crippen LogP contribution is 2.23. The number of hydrogen-bond acceptors (Lipinski definition) is 6. The quantitative estimate of drug-likeness (QED) is 0.109. The predicted octanol–water partition coefficient (Wildman–Crippen LogP) is 10.3. The van der Waals surface area contributed by atoms with Gasteiger partial charge in [-0.15, -0.1) is 0 Å². The molecule has 0 unspecified atom stereocenters. The maximum absolute atomic E-state index is 12.8. The number of rotatable bonds is 20. The second-order valence-electron chi connectivity index (χ2n) is 12.5. The van der Waals surface area contributed by atoms with Gasteiger partial charge in [0, 0.05) is 26.3 Å². The number of nitrogens with one attached hydrogen (secondary N) is 1. The second-order valence-corrected chi connectivity index (χ2v) is 14.3. The minimum absolute atomic E-state index is 0.123. The summed E-state index contributed by atoms with van der Waals surface area (Å²) in [5.41, 5.74) is 8.83. The SMILES string of the molecule is C/C(=C/CO)CC/C=C(/C)CC/C=C(/C)CC/C=C(\C)CC/C=C(\C)CNS(=O)(=O)c1ccc(N=Nc2ccc(N(C)C)cc2)cc1. The first-order valence-corrected chi connectivity index (χ1v) is 18.1. The van der Waals surface area contributed by atoms with Crippen LogP contribution in [0.15, 0.2) is 122 Å². The molecule has 2 aromatic carbocycles. The molecule has 0 radical (unpaired) electrons. The minimum atomic E-state index is -3.63. The zero-order chi connectivity index (χ0) is 34.7. The van der Waals surface area contributed by atoms with E-state index in [9.17, 15) is 8.42 Å². The minimum Gasteiger partial charge on any atom is -0.392 e. The van der Waals surface area contributed by atoms with E-state index in [0.29, 0.717) is 5.69 Å². The Balaban J connectivity index is 1.72. The van der Waals surface area contributed by atoms with Crippen LogP contribution in [0.5, 0.6) is 0 Å². The Bertz CT molecular complexity index is 1530. The van der Waals surface area contributed by atoms with Crippen LogP contribution in [-0.2, 0) is 10.0 Å². The molecule has 0 aromatic heterocycles. The number of sulfonamides is 1. The fourth-order valence-corrected chi connectivity index (χ4v) is 5.82. The summed E-state index contributed by atoms with van der Waals surface area (Å²) >= 11 is 0. The first-order chi connectivity index (χ1) is 22.4. The Morgan fingerprint density at radius 2 is 1.02 bits per heavy atom. The maximum Gasteiger partial charge on any atom is 0.240 e. The zero-order valence-electron chi connectivity index (χ0n) is 29.6. The van der Waals surface area contributed by atoms with E-state index < -0.39 is 10.0 Å². The summed E-state index contributed by atoms with van der Waals surface area (Å²) in [4.78, 5) is 2.21. The summed E-state index contributed by atoms with van der Waals surface area (Å²) in [7, 11) is 0.327. The normalized spacial score (nSPS) is 13.9. The van der Waals surface area contributed by atoms with Crippen LogP contribution in [-0.4, -0.2) is 40.8 Å². The molecule has 2 aromatic rings. The van der Waals surface area contributed by atoms with Crippen LogP contribution in [0, 0.1) is 0 Å². The lowest BCUT2D eigenvalue weighted by Gasteiger charge is -2.11. The van der Waals surface area contributed by atoms with Crippen LogP contribution < -0.4 is 9.62 Å². The number of aliphatic hydroxyl groups is 1. The van der Waals surface area contributed by atoms with Gasteiger partial charge in [-0.25, -0.2) is 13.1 Å². The summed E-state index contributed by atoms with van der Waals surface area (Å²) in [6.07, 6.45) is 19.1. The van der Waals surface area contributed by atoms with Crippen molar-refractivity contribution in [3.63, 3.8) is 0 Å². The molecule has 0 atom stereocenters. The number of anilines is 1. The van der Waals surface area contributed by atoms with Gasteiger partial charge in [0.25, 0.3) is 0 Å². The molecule has 0 aliphatic carbocycles. The number of nitrogens with zero attached hydrogens (tertiary/aromatic N) is 3. The first-order valence-electron chi connectivity index (χ1n) is 16.6. The van der Waals surface area contributed by atoms with Gasteiger partial charge in [-0.1, -0.05) is 58.2 Å². The van der Waals surface area contributed by atoms with Crippen LogP contribution in [0.25, 0.3) is 0 Å². The van der Waals surface area contributed by atoms with Crippen molar-refractivity contribution in [2.24, 2.45) is 10.2 Å². The zero-order valence-corrected chi connectivity index (χ0v) is 30.4. The molecule has 0 heterocycles. The number of benzene rings is 2. The van der Waals surface area contributed by atoms with Crippen LogP contribution in [0.1, 0.15) is 86.0 Å². The van der Waals surface area contributed by atoms with Crippen molar-refractivity contribution in [3.05, 3.63) is 107 Å². The van der Waals surface area contributed by atoms with Gasteiger partial charge in [0.15, 0.2) is 0 Å². The van der Waals surface area contributed by atoms with Gasteiger partial charge in [-0.3, -0.25) is 0 Å². The van der Waals surface area contributed by atoms with Crippen molar-refractivity contribution < 1.29 is 13.5 Å². The lowest BCUT2D eigenvalue weighted by molar-refractivity contribution is 0.341. The summed E-state index contributed by atoms with van der Waals surface area (Å²) in [5.74, 6) is 0. The average molecular weight is 661 g/mol. The summed E-state index contributed by atoms with van der Waals surface area (Å²) < 4.78 is 28.4. The number of hydrogen-bond donors (Lipinski definition) is 2. The summed E-state index contributed by atoms with van der Waals surface area (Å²) in [5, 5.41) is 17.4. The van der Waals surface area contributed by atoms with Crippen LogP contribution in [0.3, 0.4) is 0 Å². The maximum atomic E-state index is 12.8. The van der Waals surface area contributed by atoms with Crippen molar-refractivity contribution in [3.8, 4) is 0 Å². The topological polar surface area (TPSA) is 94.4 Å². The fourth-order valence-electron chi connectivity index (χ4n) is 4.74. The number of azo groups is 1. The summed E-state index contributed by atoms with van der Waals surface area (Å²) in [6.45, 7) is 11.0. The molecule has 0 fully saturated rings. The van der Waals surface area contributed by atoms with E-state index in [2.05, 4.69) is 66.9 Å². The van der Waals surface area contributed by atoms with E-state index in [0.717, 1.165) is 68.3 Å². The third-order valence-electron chi connectivity index (χ3n) is 7.90. The van der Waals surface area contributed by atoms with Gasteiger partial charge in [0.2, 0.25) is 10.0 Å². The summed E-state index contributed by atoms with van der Waals surface area (Å²) in [6, 6.07) is 14.1. The third kappa shape index (κ3) is 16.7. The van der Waals surface area contributed by atoms with Crippen LogP contribution in [0.4, 0.5) is 17.1 Å². The number of allylic oxidation sites excluding steroid dienone is 8. The molecule has 0 bridgehead atoms. The second kappa shape index (κ2) is 21.3. The molecule has 0 aliphatic rings. The van der Waals surface area contributed by atoms with E-state index >= 15 is 0 Å². The lowest BCUT2D eigenvalue weighted by Crippen LogP contribution is -2.25. The van der Waals surface area contributed by atoms with Crippen LogP contribution in [0.2, 0.25) is 0 Å². The van der Waals surface area contributed by atoms with E-state index in [4.69, 9.17) is 5.11 Å². The molecule has 2 rings (SSSR count). The Morgan fingerprint density at radius 3 is 1.43 bits per heavy atom. The van der Waals surface area contributed by atoms with Crippen molar-refractivity contribution in [2.75, 3.05) is 32.1 Å². The van der Waals surface area contributed by atoms with Crippen molar-refractivity contribution in [2.45, 2.75) is 90.9 Å². The molecule has 0 saturated carbocycles. The molecule has 2 N–H and O–H groups in total. The highest BCUT2D eigenvalue weighted by atomic mass is 32.2. The first kappa shape index (κ1) is 39.6. The van der Waals surface area contributed by atoms with E-state index in [1.807, 2.05) is 56.3 Å². The van der Waals surface area contributed by atoms with Gasteiger partial charge >= 0.3 is 0 Å². The lowest BCUT2D eigenvalue weighted by atomic mass is 10.0. The smallest absolute Gasteiger partial charge is 0.240 e. The Hall–Kier alpha value is -3.59. The Labute approximate surface area is 284 Å². The van der Waals surface area contributed by atoms with Crippen LogP contribution >= 0.6 is 0 Å². The Kier molecular flexibility index (Phi) is 18.0. The van der Waals surface area contributed by atoms with E-state index in [-0.39, 0.29) is 18.0 Å². The average Bonchev–Trinajstić information content (AvgIpc) is 3.03. The molecule has 7 nitrogen and oxygen atoms in total. The van der Waals surface area contributed by atoms with E-state index in [1.165, 1.54) is 22.3 Å². The monoisotopic (exact) mass is 660 g/mol. The van der Waals surface area contributed by atoms with Gasteiger partial charge in [0.1, 0.15) is 0 Å². The molecule has 0 aliphatic heterocycles. The molecule has 8 heteroatoms. The Morgan fingerprint density at radius 1 is 0.638 bits per heavy atom. The van der Waals surface area contributed by atoms with E-state index in [1.54, 1.807) is 24.3 Å². The molecular formula is C39H56N4O3S. The van der Waals surface area contributed by atoms with Crippen molar-refractivity contribution >= 4 is 27.1 Å². The molecule has 256 valence electrons. The standard InChI is InChI=1S/C39H56N4O3S/c1-31(12-8-14-32(2)16-10-18-34(4)28-29-44)13-9-15-33(3)17-11-19-35(5)30-40-47(45,46)39-26-22-37(23-27-39)42-41-36-20-24-38(25-21-36)43(6)7/h12,15-16,19-28,40,44H,8-11,13-14,17-18,29-30H2,1-7H3/b31-12-,32-16-,33-15+,34-28-,35-19+,42-41?. The largest absolute Gasteiger partial charge is 0.392 e. The van der Waals surface area contributed by atoms with Crippen molar-refractivity contribution in [1.29, 1.82) is 0 Å². The van der Waals surface area contributed by atoms with Gasteiger partial charge < -0.3 is 10.0 Å². The van der Waals surface area contributed by atoms with Crippen molar-refractivity contribution in [1.82, 2.24) is 4.72 Å². The molecule has 47 heavy (non-hydrogen) atoms. The fraction of sp³-hybridized carbons (Fsp3) is 0.436. The predicted molar refractivity (Wildman–Crippen MR) is 199 cm³/mol. The molecule has 0 amide bonds. The highest BCUT2D eigenvalue weighted by Gasteiger charge is 2.13. The number of aliphatic hydroxyl groups excluding tert-OH is 1. The highest BCUT2D eigenvalue weighted by molar-refractivity contribution is 7.89.